The number of carbonyl (C=O) groups excluding carboxylic acids is 2. The lowest BCUT2D eigenvalue weighted by Gasteiger charge is -2.28. The molecule has 1 heterocycles. The molecule has 1 aliphatic heterocycles. The molecule has 122 valence electrons. The van der Waals surface area contributed by atoms with Gasteiger partial charge in [0.2, 0.25) is 0 Å². The Morgan fingerprint density at radius 1 is 1.22 bits per heavy atom. The van der Waals surface area contributed by atoms with E-state index in [1.54, 1.807) is 6.92 Å². The molecule has 0 N–H and O–H groups in total. The molecule has 4 heteroatoms. The smallest absolute Gasteiger partial charge is 0.334 e. The number of esters is 2. The van der Waals surface area contributed by atoms with Crippen LogP contribution in [0.4, 0.5) is 0 Å². The van der Waals surface area contributed by atoms with Gasteiger partial charge in [-0.1, -0.05) is 37.5 Å². The average Bonchev–Trinajstić information content (AvgIpc) is 2.95. The number of rotatable bonds is 2. The van der Waals surface area contributed by atoms with E-state index in [1.807, 2.05) is 0 Å². The zero-order valence-corrected chi connectivity index (χ0v) is 13.5. The second-order valence-electron chi connectivity index (χ2n) is 6.84. The quantitative estimate of drug-likeness (QED) is 0.446. The van der Waals surface area contributed by atoms with Crippen LogP contribution in [0.5, 0.6) is 0 Å². The van der Waals surface area contributed by atoms with Crippen LogP contribution in [0.3, 0.4) is 0 Å². The Hall–Kier alpha value is -2.10. The Morgan fingerprint density at radius 2 is 1.91 bits per heavy atom. The number of fused-ring (bicyclic) bond motifs is 3. The van der Waals surface area contributed by atoms with Crippen LogP contribution in [0.25, 0.3) is 0 Å². The minimum Gasteiger partial charge on any atom is -0.458 e. The molecule has 5 atom stereocenters. The summed E-state index contributed by atoms with van der Waals surface area (Å²) < 4.78 is 11.2. The van der Waals surface area contributed by atoms with E-state index in [9.17, 15) is 9.59 Å². The van der Waals surface area contributed by atoms with Gasteiger partial charge in [0, 0.05) is 23.5 Å². The molecule has 0 aromatic heterocycles. The van der Waals surface area contributed by atoms with Gasteiger partial charge in [0.1, 0.15) is 12.2 Å². The van der Waals surface area contributed by atoms with Crippen LogP contribution in [-0.2, 0) is 19.1 Å². The number of carbonyl (C=O) groups is 2. The van der Waals surface area contributed by atoms with Gasteiger partial charge in [-0.15, -0.1) is 0 Å². The molecule has 2 saturated carbocycles. The first-order valence-corrected chi connectivity index (χ1v) is 7.93. The molecule has 3 fully saturated rings. The van der Waals surface area contributed by atoms with E-state index in [2.05, 4.69) is 26.3 Å². The Morgan fingerprint density at radius 3 is 2.57 bits per heavy atom. The lowest BCUT2D eigenvalue weighted by atomic mass is 9.81. The lowest BCUT2D eigenvalue weighted by molar-refractivity contribution is -0.148. The number of hydrogen-bond donors (Lipinski definition) is 0. The summed E-state index contributed by atoms with van der Waals surface area (Å²) >= 11 is 0. The molecule has 1 saturated heterocycles. The standard InChI is InChI=1S/C19H22O4/c1-9(2)18(20)22-14-8-11(4)13-7-6-10(3)15(13)17-16(14)12(5)19(21)23-17/h13-17H,1,3-8H2,2H3. The van der Waals surface area contributed by atoms with Gasteiger partial charge in [0.05, 0.1) is 5.92 Å². The van der Waals surface area contributed by atoms with E-state index in [0.717, 1.165) is 24.0 Å². The molecule has 3 rings (SSSR count). The Balaban J connectivity index is 1.98. The maximum atomic E-state index is 12.1. The van der Waals surface area contributed by atoms with Gasteiger partial charge >= 0.3 is 11.9 Å². The van der Waals surface area contributed by atoms with E-state index in [0.29, 0.717) is 17.6 Å². The summed E-state index contributed by atoms with van der Waals surface area (Å²) in [5.74, 6) is -0.930. The van der Waals surface area contributed by atoms with Gasteiger partial charge in [-0.3, -0.25) is 0 Å². The minimum atomic E-state index is -0.492. The largest absolute Gasteiger partial charge is 0.458 e. The van der Waals surface area contributed by atoms with Crippen LogP contribution in [0.1, 0.15) is 26.2 Å². The van der Waals surface area contributed by atoms with Crippen molar-refractivity contribution in [1.82, 2.24) is 0 Å². The lowest BCUT2D eigenvalue weighted by Crippen LogP contribution is -2.35. The third-order valence-electron chi connectivity index (χ3n) is 5.29. The second-order valence-corrected chi connectivity index (χ2v) is 6.84. The van der Waals surface area contributed by atoms with Gasteiger partial charge in [0.15, 0.2) is 0 Å². The van der Waals surface area contributed by atoms with Crippen LogP contribution in [0.2, 0.25) is 0 Å². The fraction of sp³-hybridized carbons (Fsp3) is 0.474. The molecule has 0 amide bonds. The average molecular weight is 314 g/mol. The second kappa shape index (κ2) is 5.52. The summed E-state index contributed by atoms with van der Waals surface area (Å²) in [6, 6.07) is 0. The van der Waals surface area contributed by atoms with Crippen molar-refractivity contribution >= 4 is 11.9 Å². The fourth-order valence-corrected chi connectivity index (χ4v) is 4.12. The van der Waals surface area contributed by atoms with Crippen molar-refractivity contribution in [3.63, 3.8) is 0 Å². The summed E-state index contributed by atoms with van der Waals surface area (Å²) in [7, 11) is 0. The maximum absolute atomic E-state index is 12.1. The van der Waals surface area contributed by atoms with Crippen LogP contribution >= 0.6 is 0 Å². The molecule has 5 unspecified atom stereocenters. The highest BCUT2D eigenvalue weighted by Gasteiger charge is 2.55. The molecule has 4 nitrogen and oxygen atoms in total. The zero-order valence-electron chi connectivity index (χ0n) is 13.5. The predicted octanol–water partition coefficient (Wildman–Crippen LogP) is 3.11. The van der Waals surface area contributed by atoms with Crippen LogP contribution < -0.4 is 0 Å². The van der Waals surface area contributed by atoms with Crippen molar-refractivity contribution < 1.29 is 19.1 Å². The first kappa shape index (κ1) is 15.8. The Labute approximate surface area is 136 Å². The van der Waals surface area contributed by atoms with Crippen molar-refractivity contribution in [2.24, 2.45) is 17.8 Å². The van der Waals surface area contributed by atoms with Crippen LogP contribution in [0.15, 0.2) is 48.6 Å². The normalized spacial score (nSPS) is 36.1. The molecule has 0 radical (unpaired) electrons. The summed E-state index contributed by atoms with van der Waals surface area (Å²) in [6.07, 6.45) is 1.53. The van der Waals surface area contributed by atoms with E-state index >= 15 is 0 Å². The Bertz CT molecular complexity index is 642. The van der Waals surface area contributed by atoms with Gasteiger partial charge in [-0.2, -0.15) is 0 Å². The highest BCUT2D eigenvalue weighted by atomic mass is 16.6. The van der Waals surface area contributed by atoms with Crippen molar-refractivity contribution in [1.29, 1.82) is 0 Å². The molecular weight excluding hydrogens is 292 g/mol. The first-order chi connectivity index (χ1) is 10.8. The summed E-state index contributed by atoms with van der Waals surface area (Å²) in [6.45, 7) is 17.5. The van der Waals surface area contributed by atoms with Crippen LogP contribution in [-0.4, -0.2) is 24.1 Å². The van der Waals surface area contributed by atoms with Crippen molar-refractivity contribution in [2.75, 3.05) is 0 Å². The molecule has 3 aliphatic rings. The highest BCUT2D eigenvalue weighted by molar-refractivity contribution is 5.91. The van der Waals surface area contributed by atoms with Crippen molar-refractivity contribution in [3.8, 4) is 0 Å². The van der Waals surface area contributed by atoms with E-state index in [-0.39, 0.29) is 23.9 Å². The molecule has 0 bridgehead atoms. The van der Waals surface area contributed by atoms with Gasteiger partial charge in [0.25, 0.3) is 0 Å². The molecular formula is C19H22O4. The predicted molar refractivity (Wildman–Crippen MR) is 86.3 cm³/mol. The minimum absolute atomic E-state index is 0.0456. The maximum Gasteiger partial charge on any atom is 0.334 e. The van der Waals surface area contributed by atoms with Gasteiger partial charge < -0.3 is 9.47 Å². The number of hydrogen-bond acceptors (Lipinski definition) is 4. The molecule has 0 spiro atoms. The SMILES string of the molecule is C=C(C)C(=O)OC1CC(=C)C2CCC(=C)C2C2OC(=O)C(=C)C12. The van der Waals surface area contributed by atoms with E-state index < -0.39 is 18.0 Å². The number of ether oxygens (including phenoxy) is 2. The summed E-state index contributed by atoms with van der Waals surface area (Å²) in [5, 5.41) is 0. The third-order valence-corrected chi connectivity index (χ3v) is 5.29. The summed E-state index contributed by atoms with van der Waals surface area (Å²) in [4.78, 5) is 24.1. The fourth-order valence-electron chi connectivity index (χ4n) is 4.12. The van der Waals surface area contributed by atoms with Crippen molar-refractivity contribution in [2.45, 2.75) is 38.4 Å². The summed E-state index contributed by atoms with van der Waals surface area (Å²) in [5.41, 5.74) is 2.83. The van der Waals surface area contributed by atoms with Gasteiger partial charge in [-0.25, -0.2) is 9.59 Å². The Kier molecular flexibility index (Phi) is 3.78. The topological polar surface area (TPSA) is 52.6 Å². The molecule has 0 aromatic rings. The molecule has 23 heavy (non-hydrogen) atoms. The zero-order chi connectivity index (χ0) is 16.9. The van der Waals surface area contributed by atoms with E-state index in [4.69, 9.17) is 9.47 Å². The first-order valence-electron chi connectivity index (χ1n) is 7.93. The third kappa shape index (κ3) is 2.46. The van der Waals surface area contributed by atoms with Gasteiger partial charge in [-0.05, 0) is 25.7 Å². The van der Waals surface area contributed by atoms with E-state index in [1.165, 1.54) is 0 Å². The van der Waals surface area contributed by atoms with Crippen LogP contribution in [0, 0.1) is 17.8 Å². The molecule has 0 aromatic carbocycles. The van der Waals surface area contributed by atoms with Crippen molar-refractivity contribution in [3.05, 3.63) is 48.6 Å². The highest BCUT2D eigenvalue weighted by Crippen LogP contribution is 2.52. The monoisotopic (exact) mass is 314 g/mol. The molecule has 2 aliphatic carbocycles.